The SMILES string of the molecule is CC(C)CCC1CC(=O)N1. The van der Waals surface area contributed by atoms with Gasteiger partial charge in [0.05, 0.1) is 0 Å². The number of β-lactam (4-membered cyclic amide) rings is 1. The van der Waals surface area contributed by atoms with Crippen molar-refractivity contribution < 1.29 is 4.79 Å². The molecule has 1 N–H and O–H groups in total. The van der Waals surface area contributed by atoms with Crippen LogP contribution in [0.25, 0.3) is 0 Å². The summed E-state index contributed by atoms with van der Waals surface area (Å²) in [5.41, 5.74) is 0. The molecule has 0 aromatic carbocycles. The minimum absolute atomic E-state index is 0.216. The highest BCUT2D eigenvalue weighted by Gasteiger charge is 2.24. The predicted octanol–water partition coefficient (Wildman–Crippen LogP) is 1.31. The summed E-state index contributed by atoms with van der Waals surface area (Å²) in [5, 5.41) is 2.86. The molecule has 0 aromatic heterocycles. The van der Waals surface area contributed by atoms with Crippen LogP contribution in [0, 0.1) is 5.92 Å². The smallest absolute Gasteiger partial charge is 0.222 e. The second kappa shape index (κ2) is 3.04. The third-order valence-electron chi connectivity index (χ3n) is 1.89. The van der Waals surface area contributed by atoms with Crippen LogP contribution in [0.3, 0.4) is 0 Å². The van der Waals surface area contributed by atoms with Crippen molar-refractivity contribution in [2.24, 2.45) is 5.92 Å². The van der Waals surface area contributed by atoms with Gasteiger partial charge in [-0.25, -0.2) is 0 Å². The number of hydrogen-bond acceptors (Lipinski definition) is 1. The Kier molecular flexibility index (Phi) is 2.30. The number of carbonyl (C=O) groups is 1. The highest BCUT2D eigenvalue weighted by molar-refractivity contribution is 5.82. The fraction of sp³-hybridized carbons (Fsp3) is 0.875. The van der Waals surface area contributed by atoms with E-state index in [2.05, 4.69) is 19.2 Å². The molecular formula is C8H15NO. The maximum absolute atomic E-state index is 10.4. The summed E-state index contributed by atoms with van der Waals surface area (Å²) in [4.78, 5) is 10.4. The van der Waals surface area contributed by atoms with Crippen LogP contribution in [0.1, 0.15) is 33.1 Å². The lowest BCUT2D eigenvalue weighted by Gasteiger charge is -2.27. The zero-order valence-electron chi connectivity index (χ0n) is 6.68. The van der Waals surface area contributed by atoms with Crippen LogP contribution in [-0.4, -0.2) is 11.9 Å². The second-order valence-corrected chi connectivity index (χ2v) is 3.44. The Morgan fingerprint density at radius 3 is 2.70 bits per heavy atom. The number of hydrogen-bond donors (Lipinski definition) is 1. The summed E-state index contributed by atoms with van der Waals surface area (Å²) in [6, 6.07) is 0.495. The van der Waals surface area contributed by atoms with Gasteiger partial charge in [-0.1, -0.05) is 13.8 Å². The van der Waals surface area contributed by atoms with Crippen LogP contribution in [0.4, 0.5) is 0 Å². The lowest BCUT2D eigenvalue weighted by molar-refractivity contribution is -0.128. The highest BCUT2D eigenvalue weighted by Crippen LogP contribution is 2.14. The molecule has 1 aliphatic rings. The van der Waals surface area contributed by atoms with E-state index in [4.69, 9.17) is 0 Å². The molecule has 1 aliphatic heterocycles. The van der Waals surface area contributed by atoms with Gasteiger partial charge in [-0.05, 0) is 18.8 Å². The molecule has 58 valence electrons. The van der Waals surface area contributed by atoms with Crippen molar-refractivity contribution in [1.29, 1.82) is 0 Å². The summed E-state index contributed by atoms with van der Waals surface area (Å²) in [7, 11) is 0. The summed E-state index contributed by atoms with van der Waals surface area (Å²) in [5.74, 6) is 0.978. The molecule has 1 rings (SSSR count). The highest BCUT2D eigenvalue weighted by atomic mass is 16.2. The molecule has 0 bridgehead atoms. The fourth-order valence-electron chi connectivity index (χ4n) is 1.14. The van der Waals surface area contributed by atoms with Crippen molar-refractivity contribution in [3.8, 4) is 0 Å². The third-order valence-corrected chi connectivity index (χ3v) is 1.89. The van der Waals surface area contributed by atoms with Crippen molar-refractivity contribution in [2.45, 2.75) is 39.2 Å². The van der Waals surface area contributed by atoms with E-state index in [1.807, 2.05) is 0 Å². The van der Waals surface area contributed by atoms with Gasteiger partial charge >= 0.3 is 0 Å². The molecule has 1 unspecified atom stereocenters. The second-order valence-electron chi connectivity index (χ2n) is 3.44. The van der Waals surface area contributed by atoms with E-state index in [9.17, 15) is 4.79 Å². The molecule has 0 radical (unpaired) electrons. The maximum Gasteiger partial charge on any atom is 0.222 e. The Morgan fingerprint density at radius 1 is 1.70 bits per heavy atom. The first-order chi connectivity index (χ1) is 4.68. The molecule has 1 atom stereocenters. The topological polar surface area (TPSA) is 29.1 Å². The standard InChI is InChI=1S/C8H15NO/c1-6(2)3-4-7-5-8(10)9-7/h6-7H,3-5H2,1-2H3,(H,9,10). The van der Waals surface area contributed by atoms with E-state index in [1.165, 1.54) is 6.42 Å². The van der Waals surface area contributed by atoms with Crippen LogP contribution < -0.4 is 5.32 Å². The van der Waals surface area contributed by atoms with E-state index < -0.39 is 0 Å². The van der Waals surface area contributed by atoms with E-state index in [1.54, 1.807) is 0 Å². The lowest BCUT2D eigenvalue weighted by Crippen LogP contribution is -2.48. The maximum atomic E-state index is 10.4. The zero-order chi connectivity index (χ0) is 7.56. The molecule has 1 heterocycles. The minimum Gasteiger partial charge on any atom is -0.353 e. The molecule has 2 nitrogen and oxygen atoms in total. The summed E-state index contributed by atoms with van der Waals surface area (Å²) in [6.07, 6.45) is 3.14. The molecule has 10 heavy (non-hydrogen) atoms. The van der Waals surface area contributed by atoms with Crippen molar-refractivity contribution in [3.63, 3.8) is 0 Å². The zero-order valence-corrected chi connectivity index (χ0v) is 6.68. The van der Waals surface area contributed by atoms with Gasteiger partial charge in [0.25, 0.3) is 0 Å². The van der Waals surface area contributed by atoms with Gasteiger partial charge in [0.15, 0.2) is 0 Å². The van der Waals surface area contributed by atoms with Gasteiger partial charge in [0.1, 0.15) is 0 Å². The van der Waals surface area contributed by atoms with Gasteiger partial charge < -0.3 is 5.32 Å². The van der Waals surface area contributed by atoms with Crippen LogP contribution >= 0.6 is 0 Å². The lowest BCUT2D eigenvalue weighted by atomic mass is 9.96. The summed E-state index contributed by atoms with van der Waals surface area (Å²) in [6.45, 7) is 4.42. The molecule has 0 aromatic rings. The van der Waals surface area contributed by atoms with Crippen molar-refractivity contribution >= 4 is 5.91 Å². The van der Waals surface area contributed by atoms with E-state index in [0.29, 0.717) is 6.04 Å². The normalized spacial score (nSPS) is 24.3. The average Bonchev–Trinajstić information content (AvgIpc) is 1.77. The summed E-state index contributed by atoms with van der Waals surface area (Å²) >= 11 is 0. The quantitative estimate of drug-likeness (QED) is 0.590. The number of nitrogens with one attached hydrogen (secondary N) is 1. The fourth-order valence-corrected chi connectivity index (χ4v) is 1.14. The first kappa shape index (κ1) is 7.58. The van der Waals surface area contributed by atoms with Crippen LogP contribution in [0.15, 0.2) is 0 Å². The molecule has 1 fully saturated rings. The predicted molar refractivity (Wildman–Crippen MR) is 40.6 cm³/mol. The van der Waals surface area contributed by atoms with Gasteiger partial charge in [-0.3, -0.25) is 4.79 Å². The summed E-state index contributed by atoms with van der Waals surface area (Å²) < 4.78 is 0. The Hall–Kier alpha value is -0.530. The Labute approximate surface area is 62.0 Å². The molecule has 1 amide bonds. The Morgan fingerprint density at radius 2 is 2.30 bits per heavy atom. The first-order valence-corrected chi connectivity index (χ1v) is 3.98. The molecular weight excluding hydrogens is 126 g/mol. The molecule has 1 saturated heterocycles. The van der Waals surface area contributed by atoms with Crippen LogP contribution in [0.2, 0.25) is 0 Å². The largest absolute Gasteiger partial charge is 0.353 e. The third kappa shape index (κ3) is 2.01. The van der Waals surface area contributed by atoms with Gasteiger partial charge in [0, 0.05) is 12.5 Å². The molecule has 0 aliphatic carbocycles. The van der Waals surface area contributed by atoms with E-state index in [0.717, 1.165) is 18.8 Å². The molecule has 0 spiro atoms. The number of carbonyl (C=O) groups excluding carboxylic acids is 1. The number of rotatable bonds is 3. The number of amides is 1. The van der Waals surface area contributed by atoms with Crippen molar-refractivity contribution in [1.82, 2.24) is 5.32 Å². The molecule has 0 saturated carbocycles. The van der Waals surface area contributed by atoms with Crippen molar-refractivity contribution in [3.05, 3.63) is 0 Å². The van der Waals surface area contributed by atoms with Gasteiger partial charge in [0.2, 0.25) is 5.91 Å². The van der Waals surface area contributed by atoms with Crippen molar-refractivity contribution in [2.75, 3.05) is 0 Å². The first-order valence-electron chi connectivity index (χ1n) is 3.98. The van der Waals surface area contributed by atoms with E-state index >= 15 is 0 Å². The van der Waals surface area contributed by atoms with Gasteiger partial charge in [-0.2, -0.15) is 0 Å². The Balaban J connectivity index is 2.00. The van der Waals surface area contributed by atoms with Crippen LogP contribution in [-0.2, 0) is 4.79 Å². The van der Waals surface area contributed by atoms with E-state index in [-0.39, 0.29) is 5.91 Å². The average molecular weight is 141 g/mol. The monoisotopic (exact) mass is 141 g/mol. The minimum atomic E-state index is 0.216. The Bertz CT molecular complexity index is 123. The van der Waals surface area contributed by atoms with Crippen LogP contribution in [0.5, 0.6) is 0 Å². The van der Waals surface area contributed by atoms with Gasteiger partial charge in [-0.15, -0.1) is 0 Å². The molecule has 2 heteroatoms.